The quantitative estimate of drug-likeness (QED) is 0.434. The molecule has 176 valence electrons. The van der Waals surface area contributed by atoms with Crippen LogP contribution in [0.1, 0.15) is 21.5 Å². The second-order valence-corrected chi connectivity index (χ2v) is 10.9. The van der Waals surface area contributed by atoms with Gasteiger partial charge in [0.05, 0.1) is 22.9 Å². The molecule has 0 unspecified atom stereocenters. The Bertz CT molecular complexity index is 1340. The van der Waals surface area contributed by atoms with Gasteiger partial charge < -0.3 is 16.0 Å². The molecule has 0 saturated carbocycles. The zero-order chi connectivity index (χ0) is 24.3. The first-order chi connectivity index (χ1) is 16.2. The van der Waals surface area contributed by atoms with Gasteiger partial charge in [0.1, 0.15) is 6.04 Å². The lowest BCUT2D eigenvalue weighted by Gasteiger charge is -2.27. The third-order valence-electron chi connectivity index (χ3n) is 5.30. The van der Waals surface area contributed by atoms with Crippen molar-refractivity contribution in [3.05, 3.63) is 93.5 Å². The number of amides is 2. The number of benzene rings is 3. The van der Waals surface area contributed by atoms with Crippen LogP contribution in [0, 0.1) is 0 Å². The van der Waals surface area contributed by atoms with E-state index in [4.69, 9.17) is 23.2 Å². The molecule has 0 aromatic heterocycles. The number of sulfone groups is 1. The van der Waals surface area contributed by atoms with E-state index < -0.39 is 21.8 Å². The minimum absolute atomic E-state index is 0.201. The van der Waals surface area contributed by atoms with Crippen molar-refractivity contribution in [1.29, 1.82) is 0 Å². The zero-order valence-electron chi connectivity index (χ0n) is 17.8. The maximum absolute atomic E-state index is 12.7. The Hall–Kier alpha value is -3.07. The molecule has 10 heteroatoms. The van der Waals surface area contributed by atoms with Gasteiger partial charge >= 0.3 is 0 Å². The monoisotopic (exact) mass is 517 g/mol. The average molecular weight is 518 g/mol. The van der Waals surface area contributed by atoms with Crippen LogP contribution in [0.3, 0.4) is 0 Å². The molecule has 4 rings (SSSR count). The molecule has 3 N–H and O–H groups in total. The second-order valence-electron chi connectivity index (χ2n) is 7.90. The Kier molecular flexibility index (Phi) is 7.11. The Balaban J connectivity index is 1.41. The molecular formula is C24H21Cl2N3O4S. The Labute approximate surface area is 207 Å². The van der Waals surface area contributed by atoms with E-state index in [0.717, 1.165) is 5.56 Å². The van der Waals surface area contributed by atoms with Crippen molar-refractivity contribution < 1.29 is 18.0 Å². The molecule has 7 nitrogen and oxygen atoms in total. The summed E-state index contributed by atoms with van der Waals surface area (Å²) in [6.07, 6.45) is 0. The van der Waals surface area contributed by atoms with Crippen LogP contribution in [0.5, 0.6) is 0 Å². The number of rotatable bonds is 7. The summed E-state index contributed by atoms with van der Waals surface area (Å²) in [6, 6.07) is 17.6. The molecule has 0 bridgehead atoms. The highest BCUT2D eigenvalue weighted by atomic mass is 35.5. The largest absolute Gasteiger partial charge is 0.371 e. The van der Waals surface area contributed by atoms with Gasteiger partial charge in [-0.05, 0) is 47.5 Å². The molecule has 2 amide bonds. The van der Waals surface area contributed by atoms with Crippen molar-refractivity contribution >= 4 is 56.2 Å². The molecule has 34 heavy (non-hydrogen) atoms. The molecule has 0 fully saturated rings. The van der Waals surface area contributed by atoms with Gasteiger partial charge in [0, 0.05) is 22.2 Å². The molecule has 1 heterocycles. The number of fused-ring (bicyclic) bond motifs is 1. The second kappa shape index (κ2) is 10.0. The summed E-state index contributed by atoms with van der Waals surface area (Å²) < 4.78 is 25.3. The fraction of sp³-hybridized carbons (Fsp3) is 0.167. The van der Waals surface area contributed by atoms with Crippen LogP contribution in [0.2, 0.25) is 10.0 Å². The molecule has 3 aromatic rings. The Morgan fingerprint density at radius 3 is 2.44 bits per heavy atom. The van der Waals surface area contributed by atoms with E-state index in [2.05, 4.69) is 16.0 Å². The fourth-order valence-electron chi connectivity index (χ4n) is 3.57. The van der Waals surface area contributed by atoms with Gasteiger partial charge in [0.25, 0.3) is 5.91 Å². The predicted octanol–water partition coefficient (Wildman–Crippen LogP) is 4.27. The topological polar surface area (TPSA) is 104 Å². The number of nitrogens with one attached hydrogen (secondary N) is 3. The maximum atomic E-state index is 12.7. The zero-order valence-corrected chi connectivity index (χ0v) is 20.2. The summed E-state index contributed by atoms with van der Waals surface area (Å²) in [5.41, 5.74) is 2.67. The van der Waals surface area contributed by atoms with E-state index in [1.54, 1.807) is 48.5 Å². The van der Waals surface area contributed by atoms with Gasteiger partial charge in [-0.2, -0.15) is 0 Å². The lowest BCUT2D eigenvalue weighted by Crippen LogP contribution is -2.43. The van der Waals surface area contributed by atoms with Crippen molar-refractivity contribution in [2.45, 2.75) is 18.3 Å². The summed E-state index contributed by atoms with van der Waals surface area (Å²) in [6.45, 7) is 0.258. The van der Waals surface area contributed by atoms with Crippen LogP contribution in [0.4, 0.5) is 11.4 Å². The highest BCUT2D eigenvalue weighted by Crippen LogP contribution is 2.28. The number of hydrogen-bond acceptors (Lipinski definition) is 5. The van der Waals surface area contributed by atoms with Gasteiger partial charge in [-0.15, -0.1) is 0 Å². The van der Waals surface area contributed by atoms with E-state index in [-0.39, 0.29) is 24.0 Å². The van der Waals surface area contributed by atoms with Crippen LogP contribution >= 0.6 is 23.2 Å². The van der Waals surface area contributed by atoms with Crippen LogP contribution in [0.25, 0.3) is 0 Å². The lowest BCUT2D eigenvalue weighted by molar-refractivity contribution is -0.116. The van der Waals surface area contributed by atoms with Crippen LogP contribution in [-0.4, -0.2) is 32.0 Å². The minimum Gasteiger partial charge on any atom is -0.371 e. The summed E-state index contributed by atoms with van der Waals surface area (Å²) in [5.74, 6) is -1.39. The molecule has 0 spiro atoms. The van der Waals surface area contributed by atoms with Crippen LogP contribution < -0.4 is 16.0 Å². The predicted molar refractivity (Wildman–Crippen MR) is 134 cm³/mol. The van der Waals surface area contributed by atoms with Crippen molar-refractivity contribution in [1.82, 2.24) is 5.32 Å². The maximum Gasteiger partial charge on any atom is 0.251 e. The van der Waals surface area contributed by atoms with Gasteiger partial charge in [0.15, 0.2) is 9.84 Å². The third kappa shape index (κ3) is 5.88. The molecule has 3 aromatic carbocycles. The number of hydrogen-bond donors (Lipinski definition) is 3. The third-order valence-corrected chi connectivity index (χ3v) is 7.54. The summed E-state index contributed by atoms with van der Waals surface area (Å²) >= 11 is 12.0. The van der Waals surface area contributed by atoms with Crippen molar-refractivity contribution in [2.24, 2.45) is 0 Å². The van der Waals surface area contributed by atoms with Gasteiger partial charge in [-0.3, -0.25) is 9.59 Å². The van der Waals surface area contributed by atoms with Crippen molar-refractivity contribution in [2.75, 3.05) is 16.4 Å². The summed E-state index contributed by atoms with van der Waals surface area (Å²) in [5, 5.41) is 9.54. The van der Waals surface area contributed by atoms with Crippen LogP contribution in [-0.2, 0) is 26.9 Å². The Morgan fingerprint density at radius 2 is 1.71 bits per heavy atom. The van der Waals surface area contributed by atoms with E-state index in [1.807, 2.05) is 18.2 Å². The number of carbonyl (C=O) groups is 2. The first-order valence-electron chi connectivity index (χ1n) is 10.4. The van der Waals surface area contributed by atoms with Gasteiger partial charge in [-0.1, -0.05) is 53.5 Å². The van der Waals surface area contributed by atoms with Gasteiger partial charge in [0.2, 0.25) is 5.91 Å². The molecular weight excluding hydrogens is 497 g/mol. The average Bonchev–Trinajstić information content (AvgIpc) is 2.80. The lowest BCUT2D eigenvalue weighted by atomic mass is 10.1. The first-order valence-corrected chi connectivity index (χ1v) is 13.0. The number of halogens is 2. The molecule has 0 radical (unpaired) electrons. The Morgan fingerprint density at radius 1 is 0.971 bits per heavy atom. The molecule has 0 aliphatic carbocycles. The SMILES string of the molecule is O=C(NCc1ccccc1Cl)c1ccc2c(c1)NC(=O)[C@H](CS(=O)(=O)Cc1ccc(Cl)cc1)N2. The smallest absolute Gasteiger partial charge is 0.251 e. The minimum atomic E-state index is -3.58. The summed E-state index contributed by atoms with van der Waals surface area (Å²) in [4.78, 5) is 25.2. The number of anilines is 2. The molecule has 1 aliphatic rings. The molecule has 1 atom stereocenters. The van der Waals surface area contributed by atoms with E-state index in [9.17, 15) is 18.0 Å². The van der Waals surface area contributed by atoms with E-state index in [0.29, 0.717) is 32.5 Å². The van der Waals surface area contributed by atoms with Crippen molar-refractivity contribution in [3.8, 4) is 0 Å². The molecule has 0 saturated heterocycles. The highest BCUT2D eigenvalue weighted by molar-refractivity contribution is 7.90. The van der Waals surface area contributed by atoms with Gasteiger partial charge in [-0.25, -0.2) is 8.42 Å². The highest BCUT2D eigenvalue weighted by Gasteiger charge is 2.30. The molecule has 1 aliphatic heterocycles. The van der Waals surface area contributed by atoms with Crippen LogP contribution in [0.15, 0.2) is 66.7 Å². The van der Waals surface area contributed by atoms with E-state index in [1.165, 1.54) is 0 Å². The normalized spacial score (nSPS) is 15.1. The first kappa shape index (κ1) is 24.1. The number of carbonyl (C=O) groups excluding carboxylic acids is 2. The summed E-state index contributed by atoms with van der Waals surface area (Å²) in [7, 11) is -3.58. The standard InChI is InChI=1S/C24H21Cl2N3O4S/c25-18-8-5-15(6-9-18)13-34(32,33)14-22-24(31)29-21-11-16(7-10-20(21)28-22)23(30)27-12-17-3-1-2-4-19(17)26/h1-11,22,28H,12-14H2,(H,27,30)(H,29,31)/t22-/m0/s1. The fourth-order valence-corrected chi connectivity index (χ4v) is 5.46. The van der Waals surface area contributed by atoms with Crippen molar-refractivity contribution in [3.63, 3.8) is 0 Å². The van der Waals surface area contributed by atoms with E-state index >= 15 is 0 Å².